The summed E-state index contributed by atoms with van der Waals surface area (Å²) in [7, 11) is 0. The predicted molar refractivity (Wildman–Crippen MR) is 79.9 cm³/mol. The van der Waals surface area contributed by atoms with Gasteiger partial charge in [-0.25, -0.2) is 0 Å². The van der Waals surface area contributed by atoms with Crippen LogP contribution in [0.2, 0.25) is 0 Å². The number of ether oxygens (including phenoxy) is 1. The van der Waals surface area contributed by atoms with Crippen LogP contribution in [0.4, 0.5) is 0 Å². The molecule has 2 N–H and O–H groups in total. The van der Waals surface area contributed by atoms with Crippen LogP contribution in [-0.2, 0) is 11.2 Å². The highest BCUT2D eigenvalue weighted by molar-refractivity contribution is 5.76. The van der Waals surface area contributed by atoms with Gasteiger partial charge in [0.1, 0.15) is 5.75 Å². The number of rotatable bonds is 9. The molecule has 1 unspecified atom stereocenters. The van der Waals surface area contributed by atoms with Crippen LogP contribution in [0.3, 0.4) is 0 Å². The molecule has 0 saturated carbocycles. The molecule has 0 aliphatic rings. The molecular formula is C16H25NO3. The molecule has 0 heterocycles. The molecule has 1 amide bonds. The lowest BCUT2D eigenvalue weighted by Gasteiger charge is -2.10. The van der Waals surface area contributed by atoms with Crippen molar-refractivity contribution in [2.45, 2.75) is 45.6 Å². The normalized spacial score (nSPS) is 11.9. The number of para-hydroxylation sites is 1. The van der Waals surface area contributed by atoms with Crippen LogP contribution in [-0.4, -0.2) is 30.3 Å². The number of aliphatic hydroxyl groups excluding tert-OH is 1. The van der Waals surface area contributed by atoms with Crippen molar-refractivity contribution in [3.05, 3.63) is 29.8 Å². The highest BCUT2D eigenvalue weighted by Crippen LogP contribution is 2.19. The van der Waals surface area contributed by atoms with Gasteiger partial charge >= 0.3 is 0 Å². The molecule has 0 aromatic heterocycles. The fourth-order valence-corrected chi connectivity index (χ4v) is 1.97. The van der Waals surface area contributed by atoms with Crippen molar-refractivity contribution in [2.75, 3.05) is 13.2 Å². The maximum Gasteiger partial charge on any atom is 0.220 e. The first-order chi connectivity index (χ1) is 9.63. The highest BCUT2D eigenvalue weighted by Gasteiger charge is 2.06. The van der Waals surface area contributed by atoms with Gasteiger partial charge in [0.15, 0.2) is 0 Å². The summed E-state index contributed by atoms with van der Waals surface area (Å²) in [5, 5.41) is 12.0. The minimum atomic E-state index is -0.301. The Hall–Kier alpha value is -1.55. The van der Waals surface area contributed by atoms with Crippen molar-refractivity contribution in [2.24, 2.45) is 0 Å². The summed E-state index contributed by atoms with van der Waals surface area (Å²) in [5.74, 6) is 0.902. The van der Waals surface area contributed by atoms with Crippen molar-refractivity contribution >= 4 is 5.91 Å². The summed E-state index contributed by atoms with van der Waals surface area (Å²) >= 11 is 0. The van der Waals surface area contributed by atoms with E-state index in [9.17, 15) is 4.79 Å². The first-order valence-corrected chi connectivity index (χ1v) is 7.29. The fourth-order valence-electron chi connectivity index (χ4n) is 1.97. The van der Waals surface area contributed by atoms with Crippen molar-refractivity contribution < 1.29 is 14.6 Å². The minimum Gasteiger partial charge on any atom is -0.494 e. The first kappa shape index (κ1) is 16.5. The second-order valence-corrected chi connectivity index (χ2v) is 4.88. The van der Waals surface area contributed by atoms with Crippen molar-refractivity contribution in [3.8, 4) is 5.75 Å². The lowest BCUT2D eigenvalue weighted by molar-refractivity contribution is -0.121. The minimum absolute atomic E-state index is 0.0434. The zero-order valence-corrected chi connectivity index (χ0v) is 12.4. The zero-order chi connectivity index (χ0) is 14.8. The third kappa shape index (κ3) is 6.57. The predicted octanol–water partition coefficient (Wildman–Crippen LogP) is 2.30. The van der Waals surface area contributed by atoms with Gasteiger partial charge in [0.2, 0.25) is 5.91 Å². The number of benzene rings is 1. The number of hydrogen-bond donors (Lipinski definition) is 2. The average molecular weight is 279 g/mol. The Morgan fingerprint density at radius 3 is 2.85 bits per heavy atom. The molecule has 4 nitrogen and oxygen atoms in total. The fraction of sp³-hybridized carbons (Fsp3) is 0.562. The number of aliphatic hydroxyl groups is 1. The zero-order valence-electron chi connectivity index (χ0n) is 12.4. The van der Waals surface area contributed by atoms with Gasteiger partial charge in [-0.1, -0.05) is 18.2 Å². The summed E-state index contributed by atoms with van der Waals surface area (Å²) in [6.45, 7) is 4.96. The van der Waals surface area contributed by atoms with E-state index in [0.717, 1.165) is 17.7 Å². The number of carbonyl (C=O) groups is 1. The van der Waals surface area contributed by atoms with Gasteiger partial charge < -0.3 is 15.2 Å². The summed E-state index contributed by atoms with van der Waals surface area (Å²) in [4.78, 5) is 11.7. The molecular weight excluding hydrogens is 254 g/mol. The Morgan fingerprint density at radius 2 is 2.15 bits per heavy atom. The monoisotopic (exact) mass is 279 g/mol. The van der Waals surface area contributed by atoms with Crippen molar-refractivity contribution in [1.82, 2.24) is 5.32 Å². The van der Waals surface area contributed by atoms with Gasteiger partial charge in [0.25, 0.3) is 0 Å². The molecule has 0 radical (unpaired) electrons. The van der Waals surface area contributed by atoms with E-state index in [0.29, 0.717) is 32.4 Å². The topological polar surface area (TPSA) is 58.6 Å². The lowest BCUT2D eigenvalue weighted by Crippen LogP contribution is -2.25. The maximum absolute atomic E-state index is 11.7. The van der Waals surface area contributed by atoms with E-state index in [1.807, 2.05) is 31.2 Å². The molecule has 0 bridgehead atoms. The van der Waals surface area contributed by atoms with E-state index >= 15 is 0 Å². The van der Waals surface area contributed by atoms with Gasteiger partial charge in [0.05, 0.1) is 12.7 Å². The Bertz CT molecular complexity index is 404. The summed E-state index contributed by atoms with van der Waals surface area (Å²) in [6, 6.07) is 7.81. The molecule has 0 fully saturated rings. The molecule has 1 aromatic rings. The first-order valence-electron chi connectivity index (χ1n) is 7.29. The van der Waals surface area contributed by atoms with E-state index in [1.54, 1.807) is 6.92 Å². The summed E-state index contributed by atoms with van der Waals surface area (Å²) in [5.41, 5.74) is 1.06. The Morgan fingerprint density at radius 1 is 1.40 bits per heavy atom. The largest absolute Gasteiger partial charge is 0.494 e. The quantitative estimate of drug-likeness (QED) is 0.682. The molecule has 0 aliphatic carbocycles. The van der Waals surface area contributed by atoms with E-state index < -0.39 is 0 Å². The van der Waals surface area contributed by atoms with Crippen LogP contribution in [0.5, 0.6) is 5.75 Å². The molecule has 0 spiro atoms. The maximum atomic E-state index is 11.7. The summed E-state index contributed by atoms with van der Waals surface area (Å²) < 4.78 is 5.53. The van der Waals surface area contributed by atoms with E-state index in [2.05, 4.69) is 5.32 Å². The van der Waals surface area contributed by atoms with Gasteiger partial charge in [-0.15, -0.1) is 0 Å². The highest BCUT2D eigenvalue weighted by atomic mass is 16.5. The Balaban J connectivity index is 2.30. The summed E-state index contributed by atoms with van der Waals surface area (Å²) in [6.07, 6.45) is 2.36. The van der Waals surface area contributed by atoms with Crippen LogP contribution in [0.1, 0.15) is 38.7 Å². The standard InChI is InChI=1S/C16H25NO3/c1-3-20-15-9-5-4-8-14(15)10-11-16(19)17-12-6-7-13(2)18/h4-5,8-9,13,18H,3,6-7,10-12H2,1-2H3,(H,17,19). The molecule has 0 aliphatic heterocycles. The van der Waals surface area contributed by atoms with Crippen LogP contribution in [0.25, 0.3) is 0 Å². The molecule has 112 valence electrons. The van der Waals surface area contributed by atoms with Gasteiger partial charge in [-0.05, 0) is 44.7 Å². The molecule has 20 heavy (non-hydrogen) atoms. The van der Waals surface area contributed by atoms with Crippen molar-refractivity contribution in [1.29, 1.82) is 0 Å². The second-order valence-electron chi connectivity index (χ2n) is 4.88. The van der Waals surface area contributed by atoms with Crippen LogP contribution >= 0.6 is 0 Å². The number of hydrogen-bond acceptors (Lipinski definition) is 3. The SMILES string of the molecule is CCOc1ccccc1CCC(=O)NCCCC(C)O. The third-order valence-corrected chi connectivity index (χ3v) is 3.01. The van der Waals surface area contributed by atoms with E-state index in [1.165, 1.54) is 0 Å². The van der Waals surface area contributed by atoms with Gasteiger partial charge in [-0.2, -0.15) is 0 Å². The molecule has 0 saturated heterocycles. The Labute approximate surface area is 121 Å². The Kier molecular flexibility index (Phi) is 7.73. The smallest absolute Gasteiger partial charge is 0.220 e. The van der Waals surface area contributed by atoms with E-state index in [-0.39, 0.29) is 12.0 Å². The van der Waals surface area contributed by atoms with Crippen molar-refractivity contribution in [3.63, 3.8) is 0 Å². The number of aryl methyl sites for hydroxylation is 1. The van der Waals surface area contributed by atoms with Gasteiger partial charge in [-0.3, -0.25) is 4.79 Å². The van der Waals surface area contributed by atoms with Crippen LogP contribution < -0.4 is 10.1 Å². The molecule has 1 aromatic carbocycles. The average Bonchev–Trinajstić information content (AvgIpc) is 2.43. The molecule has 1 rings (SSSR count). The number of carbonyl (C=O) groups excluding carboxylic acids is 1. The molecule has 4 heteroatoms. The lowest BCUT2D eigenvalue weighted by atomic mass is 10.1. The van der Waals surface area contributed by atoms with Crippen LogP contribution in [0, 0.1) is 0 Å². The number of amides is 1. The second kappa shape index (κ2) is 9.37. The van der Waals surface area contributed by atoms with E-state index in [4.69, 9.17) is 9.84 Å². The third-order valence-electron chi connectivity index (χ3n) is 3.01. The van der Waals surface area contributed by atoms with Crippen LogP contribution in [0.15, 0.2) is 24.3 Å². The van der Waals surface area contributed by atoms with Gasteiger partial charge in [0, 0.05) is 13.0 Å². The number of nitrogens with one attached hydrogen (secondary N) is 1. The molecule has 1 atom stereocenters.